The molecule has 2 aliphatic rings. The van der Waals surface area contributed by atoms with E-state index in [1.165, 1.54) is 25.9 Å². The van der Waals surface area contributed by atoms with Gasteiger partial charge in [0.15, 0.2) is 0 Å². The van der Waals surface area contributed by atoms with Crippen LogP contribution in [0, 0.1) is 0 Å². The third-order valence-corrected chi connectivity index (χ3v) is 5.11. The molecule has 1 unspecified atom stereocenters. The molecule has 2 saturated heterocycles. The van der Waals surface area contributed by atoms with E-state index in [-0.39, 0.29) is 18.1 Å². The Morgan fingerprint density at radius 3 is 2.64 bits per heavy atom. The molecule has 138 valence electrons. The van der Waals surface area contributed by atoms with Crippen molar-refractivity contribution in [1.29, 1.82) is 0 Å². The van der Waals surface area contributed by atoms with Crippen molar-refractivity contribution in [3.05, 3.63) is 23.9 Å². The van der Waals surface area contributed by atoms with Crippen LogP contribution in [0.1, 0.15) is 43.5 Å². The van der Waals surface area contributed by atoms with E-state index in [1.807, 2.05) is 13.8 Å². The molecule has 2 fully saturated rings. The summed E-state index contributed by atoms with van der Waals surface area (Å²) in [6.07, 6.45) is 5.17. The zero-order chi connectivity index (χ0) is 17.8. The summed E-state index contributed by atoms with van der Waals surface area (Å²) in [6.45, 7) is 8.31. The maximum absolute atomic E-state index is 12.4. The van der Waals surface area contributed by atoms with Gasteiger partial charge in [-0.05, 0) is 59.3 Å². The van der Waals surface area contributed by atoms with Crippen LogP contribution in [0.3, 0.4) is 0 Å². The van der Waals surface area contributed by atoms with Crippen LogP contribution in [-0.4, -0.2) is 72.1 Å². The number of nitrogens with one attached hydrogen (secondary N) is 1. The Hall–Kier alpha value is -1.66. The van der Waals surface area contributed by atoms with Gasteiger partial charge in [-0.2, -0.15) is 0 Å². The van der Waals surface area contributed by atoms with Crippen LogP contribution in [0.4, 0.5) is 0 Å². The summed E-state index contributed by atoms with van der Waals surface area (Å²) in [7, 11) is 2.19. The van der Waals surface area contributed by atoms with E-state index in [9.17, 15) is 4.79 Å². The van der Waals surface area contributed by atoms with Crippen molar-refractivity contribution in [2.24, 2.45) is 0 Å². The van der Waals surface area contributed by atoms with Crippen molar-refractivity contribution < 1.29 is 9.53 Å². The molecule has 1 atom stereocenters. The van der Waals surface area contributed by atoms with E-state index in [2.05, 4.69) is 27.1 Å². The fourth-order valence-corrected chi connectivity index (χ4v) is 3.69. The number of pyridine rings is 1. The Labute approximate surface area is 150 Å². The lowest BCUT2D eigenvalue weighted by atomic mass is 10.0. The molecule has 25 heavy (non-hydrogen) atoms. The first-order valence-electron chi connectivity index (χ1n) is 9.37. The highest BCUT2D eigenvalue weighted by Crippen LogP contribution is 2.21. The van der Waals surface area contributed by atoms with E-state index in [1.54, 1.807) is 18.3 Å². The Morgan fingerprint density at radius 2 is 2.00 bits per heavy atom. The average Bonchev–Trinajstić information content (AvgIpc) is 3.04. The van der Waals surface area contributed by atoms with Crippen molar-refractivity contribution in [2.75, 3.05) is 33.2 Å². The standard InChI is InChI=1S/C19H30N4O2/c1-14(2)25-18-5-4-15(12-20-18)19(24)21-16-6-11-23(13-16)17-7-9-22(3)10-8-17/h4-5,12,14,16-17H,6-11,13H2,1-3H3,(H,21,24). The summed E-state index contributed by atoms with van der Waals surface area (Å²) < 4.78 is 5.52. The van der Waals surface area contributed by atoms with Gasteiger partial charge in [-0.1, -0.05) is 0 Å². The highest BCUT2D eigenvalue weighted by atomic mass is 16.5. The minimum Gasteiger partial charge on any atom is -0.475 e. The highest BCUT2D eigenvalue weighted by molar-refractivity contribution is 5.94. The average molecular weight is 346 g/mol. The maximum Gasteiger partial charge on any atom is 0.253 e. The van der Waals surface area contributed by atoms with Gasteiger partial charge in [-0.25, -0.2) is 4.98 Å². The summed E-state index contributed by atoms with van der Waals surface area (Å²) in [4.78, 5) is 21.6. The summed E-state index contributed by atoms with van der Waals surface area (Å²) >= 11 is 0. The smallest absolute Gasteiger partial charge is 0.253 e. The van der Waals surface area contributed by atoms with Crippen molar-refractivity contribution >= 4 is 5.91 Å². The van der Waals surface area contributed by atoms with Gasteiger partial charge >= 0.3 is 0 Å². The number of carbonyl (C=O) groups excluding carboxylic acids is 1. The van der Waals surface area contributed by atoms with Gasteiger partial charge in [0.25, 0.3) is 5.91 Å². The minimum atomic E-state index is -0.0428. The van der Waals surface area contributed by atoms with Crippen molar-refractivity contribution in [3.8, 4) is 5.88 Å². The van der Waals surface area contributed by atoms with Gasteiger partial charge in [0, 0.05) is 37.4 Å². The molecule has 0 aliphatic carbocycles. The summed E-state index contributed by atoms with van der Waals surface area (Å²) in [5, 5.41) is 3.16. The number of hydrogen-bond acceptors (Lipinski definition) is 5. The predicted molar refractivity (Wildman–Crippen MR) is 98.0 cm³/mol. The quantitative estimate of drug-likeness (QED) is 0.880. The molecule has 0 bridgehead atoms. The van der Waals surface area contributed by atoms with Crippen LogP contribution < -0.4 is 10.1 Å². The number of likely N-dealkylation sites (tertiary alicyclic amines) is 2. The zero-order valence-corrected chi connectivity index (χ0v) is 15.6. The Morgan fingerprint density at radius 1 is 1.24 bits per heavy atom. The number of aromatic nitrogens is 1. The SMILES string of the molecule is CC(C)Oc1ccc(C(=O)NC2CCN(C3CCN(C)CC3)C2)cn1. The van der Waals surface area contributed by atoms with Gasteiger partial charge < -0.3 is 15.0 Å². The first-order chi connectivity index (χ1) is 12.0. The Bertz CT molecular complexity index is 567. The lowest BCUT2D eigenvalue weighted by Gasteiger charge is -2.35. The first-order valence-corrected chi connectivity index (χ1v) is 9.37. The fraction of sp³-hybridized carbons (Fsp3) is 0.684. The van der Waals surface area contributed by atoms with Gasteiger partial charge in [0.1, 0.15) is 0 Å². The topological polar surface area (TPSA) is 57.7 Å². The number of piperidine rings is 1. The lowest BCUT2D eigenvalue weighted by Crippen LogP contribution is -2.44. The highest BCUT2D eigenvalue weighted by Gasteiger charge is 2.30. The molecule has 1 aromatic heterocycles. The molecule has 1 aromatic rings. The Kier molecular flexibility index (Phi) is 5.91. The van der Waals surface area contributed by atoms with E-state index in [4.69, 9.17) is 4.74 Å². The number of hydrogen-bond donors (Lipinski definition) is 1. The number of carbonyl (C=O) groups is 1. The molecular weight excluding hydrogens is 316 g/mol. The molecule has 6 heteroatoms. The number of amides is 1. The molecular formula is C19H30N4O2. The van der Waals surface area contributed by atoms with Crippen molar-refractivity contribution in [2.45, 2.75) is 51.3 Å². The maximum atomic E-state index is 12.4. The van der Waals surface area contributed by atoms with Crippen molar-refractivity contribution in [1.82, 2.24) is 20.1 Å². The van der Waals surface area contributed by atoms with Gasteiger partial charge in [-0.3, -0.25) is 9.69 Å². The third kappa shape index (κ3) is 4.92. The second kappa shape index (κ2) is 8.15. The first kappa shape index (κ1) is 18.1. The van der Waals surface area contributed by atoms with Gasteiger partial charge in [-0.15, -0.1) is 0 Å². The second-order valence-corrected chi connectivity index (χ2v) is 7.54. The Balaban J connectivity index is 1.48. The van der Waals surface area contributed by atoms with E-state index in [0.717, 1.165) is 19.5 Å². The molecule has 0 saturated carbocycles. The van der Waals surface area contributed by atoms with Gasteiger partial charge in [0.2, 0.25) is 5.88 Å². The summed E-state index contributed by atoms with van der Waals surface area (Å²) in [5.74, 6) is 0.514. The molecule has 1 N–H and O–H groups in total. The molecule has 0 spiro atoms. The molecule has 6 nitrogen and oxygen atoms in total. The van der Waals surface area contributed by atoms with Crippen LogP contribution in [0.25, 0.3) is 0 Å². The number of ether oxygens (including phenoxy) is 1. The van der Waals surface area contributed by atoms with E-state index >= 15 is 0 Å². The second-order valence-electron chi connectivity index (χ2n) is 7.54. The van der Waals surface area contributed by atoms with E-state index < -0.39 is 0 Å². The predicted octanol–water partition coefficient (Wildman–Crippen LogP) is 1.77. The minimum absolute atomic E-state index is 0.0428. The molecule has 1 amide bonds. The van der Waals surface area contributed by atoms with Crippen LogP contribution in [0.2, 0.25) is 0 Å². The summed E-state index contributed by atoms with van der Waals surface area (Å²) in [5.41, 5.74) is 0.592. The van der Waals surface area contributed by atoms with Crippen LogP contribution in [-0.2, 0) is 0 Å². The van der Waals surface area contributed by atoms with Crippen LogP contribution in [0.15, 0.2) is 18.3 Å². The number of nitrogens with zero attached hydrogens (tertiary/aromatic N) is 3. The molecule has 3 rings (SSSR count). The zero-order valence-electron chi connectivity index (χ0n) is 15.6. The van der Waals surface area contributed by atoms with Gasteiger partial charge in [0.05, 0.1) is 11.7 Å². The normalized spacial score (nSPS) is 23.1. The van der Waals surface area contributed by atoms with Crippen molar-refractivity contribution in [3.63, 3.8) is 0 Å². The lowest BCUT2D eigenvalue weighted by molar-refractivity contribution is 0.0931. The molecule has 0 aromatic carbocycles. The summed E-state index contributed by atoms with van der Waals surface area (Å²) in [6, 6.07) is 4.45. The largest absolute Gasteiger partial charge is 0.475 e. The third-order valence-electron chi connectivity index (χ3n) is 5.11. The van der Waals surface area contributed by atoms with Crippen LogP contribution in [0.5, 0.6) is 5.88 Å². The van der Waals surface area contributed by atoms with Crippen LogP contribution >= 0.6 is 0 Å². The van der Waals surface area contributed by atoms with E-state index in [0.29, 0.717) is 17.5 Å². The number of rotatable bonds is 5. The molecule has 2 aliphatic heterocycles. The molecule has 3 heterocycles. The molecule has 0 radical (unpaired) electrons. The fourth-order valence-electron chi connectivity index (χ4n) is 3.69. The monoisotopic (exact) mass is 346 g/mol.